The molecule has 28 heavy (non-hydrogen) atoms. The number of nitrogens with zero attached hydrogens (tertiary/aromatic N) is 1. The smallest absolute Gasteiger partial charge is 0.326 e. The van der Waals surface area contributed by atoms with Crippen molar-refractivity contribution in [3.8, 4) is 0 Å². The second-order valence-electron chi connectivity index (χ2n) is 7.50. The Hall–Kier alpha value is -0.870. The minimum Gasteiger partial charge on any atom is -0.480 e. The number of carbonyl (C=O) groups excluding carboxylic acids is 1. The normalized spacial score (nSPS) is 17.0. The first-order chi connectivity index (χ1) is 13.2. The Labute approximate surface area is 175 Å². The number of nitrogens with two attached hydrogens (primary N) is 1. The molecule has 0 aromatic rings. The van der Waals surface area contributed by atoms with E-state index < -0.39 is 18.1 Å². The zero-order chi connectivity index (χ0) is 21.7. The van der Waals surface area contributed by atoms with Crippen molar-refractivity contribution < 1.29 is 19.8 Å². The van der Waals surface area contributed by atoms with E-state index in [0.29, 0.717) is 31.2 Å². The average Bonchev–Trinajstić information content (AvgIpc) is 2.67. The van der Waals surface area contributed by atoms with E-state index in [0.717, 1.165) is 12.8 Å². The van der Waals surface area contributed by atoms with E-state index in [2.05, 4.69) is 37.1 Å². The summed E-state index contributed by atoms with van der Waals surface area (Å²) in [6.45, 7) is 7.27. The highest BCUT2D eigenvalue weighted by atomic mass is 32.1. The van der Waals surface area contributed by atoms with E-state index >= 15 is 0 Å². The molecule has 5 atom stereocenters. The first kappa shape index (κ1) is 27.1. The molecule has 0 aliphatic carbocycles. The van der Waals surface area contributed by atoms with Gasteiger partial charge in [0.1, 0.15) is 6.04 Å². The van der Waals surface area contributed by atoms with Gasteiger partial charge in [-0.3, -0.25) is 9.69 Å². The number of aliphatic hydroxyl groups is 1. The molecule has 1 amide bonds. The van der Waals surface area contributed by atoms with Crippen LogP contribution in [-0.4, -0.2) is 83.7 Å². The molecule has 8 nitrogen and oxygen atoms in total. The summed E-state index contributed by atoms with van der Waals surface area (Å²) in [6.07, 6.45) is 2.40. The van der Waals surface area contributed by atoms with Crippen molar-refractivity contribution in [3.63, 3.8) is 0 Å². The molecule has 0 aromatic carbocycles. The van der Waals surface area contributed by atoms with Gasteiger partial charge in [-0.15, -0.1) is 0 Å². The molecule has 0 saturated heterocycles. The van der Waals surface area contributed by atoms with Crippen LogP contribution in [0.15, 0.2) is 0 Å². The van der Waals surface area contributed by atoms with Crippen molar-refractivity contribution in [1.29, 1.82) is 0 Å². The Kier molecular flexibility index (Phi) is 14.6. The van der Waals surface area contributed by atoms with Gasteiger partial charge in [0, 0.05) is 44.0 Å². The number of carboxylic acid groups (broad SMARTS) is 1. The Morgan fingerprint density at radius 1 is 1.25 bits per heavy atom. The summed E-state index contributed by atoms with van der Waals surface area (Å²) in [5, 5.41) is 24.3. The highest BCUT2D eigenvalue weighted by molar-refractivity contribution is 7.80. The summed E-state index contributed by atoms with van der Waals surface area (Å²) in [7, 11) is 1.89. The van der Waals surface area contributed by atoms with Gasteiger partial charge in [0.15, 0.2) is 0 Å². The molecule has 6 N–H and O–H groups in total. The van der Waals surface area contributed by atoms with Gasteiger partial charge in [0.05, 0.1) is 6.04 Å². The Morgan fingerprint density at radius 3 is 2.36 bits per heavy atom. The van der Waals surface area contributed by atoms with Crippen LogP contribution in [0.25, 0.3) is 0 Å². The zero-order valence-electron chi connectivity index (χ0n) is 17.7. The molecule has 0 spiro atoms. The molecule has 166 valence electrons. The molecule has 0 saturated carbocycles. The predicted molar refractivity (Wildman–Crippen MR) is 116 cm³/mol. The third kappa shape index (κ3) is 10.1. The Bertz CT molecular complexity index is 456. The number of aliphatic hydroxyl groups excluding tert-OH is 1. The first-order valence-electron chi connectivity index (χ1n) is 10.2. The van der Waals surface area contributed by atoms with Crippen molar-refractivity contribution in [1.82, 2.24) is 15.5 Å². The van der Waals surface area contributed by atoms with Gasteiger partial charge in [-0.2, -0.15) is 12.6 Å². The van der Waals surface area contributed by atoms with Crippen LogP contribution in [0.2, 0.25) is 0 Å². The van der Waals surface area contributed by atoms with E-state index in [4.69, 9.17) is 10.8 Å². The number of thiol groups is 1. The monoisotopic (exact) mass is 420 g/mol. The van der Waals surface area contributed by atoms with Crippen molar-refractivity contribution in [2.45, 2.75) is 70.6 Å². The third-order valence-electron chi connectivity index (χ3n) is 5.12. The van der Waals surface area contributed by atoms with Crippen molar-refractivity contribution >= 4 is 24.5 Å². The van der Waals surface area contributed by atoms with Crippen molar-refractivity contribution in [2.75, 3.05) is 32.5 Å². The predicted octanol–water partition coefficient (Wildman–Crippen LogP) is 0.300. The summed E-state index contributed by atoms with van der Waals surface area (Å²) >= 11 is 4.22. The highest BCUT2D eigenvalue weighted by Crippen LogP contribution is 2.13. The highest BCUT2D eigenvalue weighted by Gasteiger charge is 2.29. The van der Waals surface area contributed by atoms with Crippen LogP contribution in [0.5, 0.6) is 0 Å². The molecule has 0 aromatic heterocycles. The van der Waals surface area contributed by atoms with Crippen LogP contribution in [0, 0.1) is 5.92 Å². The standard InChI is InChI=1S/C19H40N4O4S/c1-5-7-17(18(25)22-15(8-9-24)19(26)27)23(4)11-16(13(3)6-2)21-10-14(20)12-28/h13-17,21,24,28H,5-12,20H2,1-4H3,(H,22,25)(H,26,27)/t13-,14+,15-,16+,17-/m0/s1. The number of carbonyl (C=O) groups is 2. The maximum absolute atomic E-state index is 12.7. The van der Waals surface area contributed by atoms with E-state index in [1.54, 1.807) is 0 Å². The fourth-order valence-electron chi connectivity index (χ4n) is 3.01. The summed E-state index contributed by atoms with van der Waals surface area (Å²) in [5.74, 6) is -0.473. The first-order valence-corrected chi connectivity index (χ1v) is 10.8. The Balaban J connectivity index is 5.13. The number of carboxylic acids is 1. The van der Waals surface area contributed by atoms with Gasteiger partial charge in [0.2, 0.25) is 5.91 Å². The zero-order valence-corrected chi connectivity index (χ0v) is 18.6. The molecule has 0 heterocycles. The molecular weight excluding hydrogens is 380 g/mol. The lowest BCUT2D eigenvalue weighted by Crippen LogP contribution is -2.55. The SMILES string of the molecule is CCC[C@@H](C(=O)N[C@@H](CCO)C(=O)O)N(C)C[C@@H](NC[C@@H](N)CS)[C@@H](C)CC. The third-order valence-corrected chi connectivity index (χ3v) is 5.59. The summed E-state index contributed by atoms with van der Waals surface area (Å²) < 4.78 is 0. The number of rotatable bonds is 16. The number of amides is 1. The number of likely N-dealkylation sites (N-methyl/N-ethyl adjacent to an activating group) is 1. The number of hydrogen-bond acceptors (Lipinski definition) is 7. The van der Waals surface area contributed by atoms with Crippen molar-refractivity contribution in [3.05, 3.63) is 0 Å². The fourth-order valence-corrected chi connectivity index (χ4v) is 3.14. The van der Waals surface area contributed by atoms with Crippen LogP contribution < -0.4 is 16.4 Å². The Morgan fingerprint density at radius 2 is 1.89 bits per heavy atom. The maximum atomic E-state index is 12.7. The van der Waals surface area contributed by atoms with E-state index in [9.17, 15) is 14.7 Å². The molecule has 0 aliphatic rings. The van der Waals surface area contributed by atoms with Gasteiger partial charge in [-0.25, -0.2) is 4.79 Å². The molecule has 0 unspecified atom stereocenters. The summed E-state index contributed by atoms with van der Waals surface area (Å²) in [4.78, 5) is 26.0. The minimum atomic E-state index is -1.14. The molecule has 0 aliphatic heterocycles. The van der Waals surface area contributed by atoms with Crippen LogP contribution in [0.3, 0.4) is 0 Å². The van der Waals surface area contributed by atoms with Gasteiger partial charge < -0.3 is 26.6 Å². The lowest BCUT2D eigenvalue weighted by Gasteiger charge is -2.34. The average molecular weight is 421 g/mol. The van der Waals surface area contributed by atoms with Gasteiger partial charge >= 0.3 is 5.97 Å². The van der Waals surface area contributed by atoms with Crippen molar-refractivity contribution in [2.24, 2.45) is 11.7 Å². The quantitative estimate of drug-likeness (QED) is 0.198. The summed E-state index contributed by atoms with van der Waals surface area (Å²) in [6, 6.07) is -1.40. The fraction of sp³-hybridized carbons (Fsp3) is 0.895. The van der Waals surface area contributed by atoms with Crippen LogP contribution in [-0.2, 0) is 9.59 Å². The molecule has 0 bridgehead atoms. The van der Waals surface area contributed by atoms with Crippen LogP contribution in [0.4, 0.5) is 0 Å². The van der Waals surface area contributed by atoms with Gasteiger partial charge in [-0.1, -0.05) is 33.6 Å². The van der Waals surface area contributed by atoms with E-state index in [1.807, 2.05) is 18.9 Å². The largest absolute Gasteiger partial charge is 0.480 e. The minimum absolute atomic E-state index is 0.0116. The van der Waals surface area contributed by atoms with E-state index in [1.165, 1.54) is 0 Å². The molecular formula is C19H40N4O4S. The van der Waals surface area contributed by atoms with Crippen LogP contribution >= 0.6 is 12.6 Å². The van der Waals surface area contributed by atoms with Crippen LogP contribution in [0.1, 0.15) is 46.5 Å². The van der Waals surface area contributed by atoms with Gasteiger partial charge in [-0.05, 0) is 19.4 Å². The molecule has 0 rings (SSSR count). The number of nitrogens with one attached hydrogen (secondary N) is 2. The maximum Gasteiger partial charge on any atom is 0.326 e. The molecule has 0 radical (unpaired) electrons. The number of aliphatic carboxylic acids is 1. The number of hydrogen-bond donors (Lipinski definition) is 6. The van der Waals surface area contributed by atoms with E-state index in [-0.39, 0.29) is 31.0 Å². The molecule has 9 heteroatoms. The second kappa shape index (κ2) is 15.0. The molecule has 0 fully saturated rings. The lowest BCUT2D eigenvalue weighted by atomic mass is 9.97. The second-order valence-corrected chi connectivity index (χ2v) is 7.86. The van der Waals surface area contributed by atoms with Gasteiger partial charge in [0.25, 0.3) is 0 Å². The summed E-state index contributed by atoms with van der Waals surface area (Å²) in [5.41, 5.74) is 5.97. The topological polar surface area (TPSA) is 128 Å². The lowest BCUT2D eigenvalue weighted by molar-refractivity contribution is -0.143.